The van der Waals surface area contributed by atoms with E-state index in [-0.39, 0.29) is 11.5 Å². The minimum Gasteiger partial charge on any atom is -0.226 e. The van der Waals surface area contributed by atoms with E-state index >= 15 is 0 Å². The average molecular weight is 242 g/mol. The SMILES string of the molecule is [C-]#[N+]C(C#N)=C1CC(=C([N+]#[C-])[N+]#[C-])c2ccccc21. The number of nitrogens with zero attached hydrogens (tertiary/aromatic N) is 4. The summed E-state index contributed by atoms with van der Waals surface area (Å²) in [6, 6.07) is 9.13. The van der Waals surface area contributed by atoms with Crippen molar-refractivity contribution in [3.05, 3.63) is 81.2 Å². The Balaban J connectivity index is 2.82. The Morgan fingerprint density at radius 3 is 2.05 bits per heavy atom. The van der Waals surface area contributed by atoms with E-state index in [0.29, 0.717) is 17.6 Å². The minimum absolute atomic E-state index is 0.00437. The van der Waals surface area contributed by atoms with Crippen LogP contribution in [0.3, 0.4) is 0 Å². The number of hydrogen-bond donors (Lipinski definition) is 0. The maximum Gasteiger partial charge on any atom is 0.523 e. The molecule has 1 aliphatic carbocycles. The Labute approximate surface area is 111 Å². The minimum atomic E-state index is 0.00437. The molecule has 0 radical (unpaired) electrons. The Bertz CT molecular complexity index is 684. The van der Waals surface area contributed by atoms with Gasteiger partial charge in [-0.15, -0.1) is 0 Å². The number of benzene rings is 1. The first-order chi connectivity index (χ1) is 9.26. The van der Waals surface area contributed by atoms with Gasteiger partial charge in [0.2, 0.25) is 0 Å². The zero-order chi connectivity index (χ0) is 13.8. The highest BCUT2D eigenvalue weighted by Crippen LogP contribution is 2.44. The Kier molecular flexibility index (Phi) is 3.12. The Morgan fingerprint density at radius 2 is 1.58 bits per heavy atom. The highest BCUT2D eigenvalue weighted by atomic mass is 14.9. The molecule has 1 aromatic carbocycles. The van der Waals surface area contributed by atoms with Gasteiger partial charge in [-0.25, -0.2) is 10.1 Å². The van der Waals surface area contributed by atoms with Gasteiger partial charge < -0.3 is 0 Å². The van der Waals surface area contributed by atoms with Crippen LogP contribution in [0, 0.1) is 31.0 Å². The molecule has 0 fully saturated rings. The molecule has 0 atom stereocenters. The molecule has 0 bridgehead atoms. The molecule has 0 saturated carbocycles. The number of rotatable bonds is 0. The van der Waals surface area contributed by atoms with Crippen molar-refractivity contribution in [3.63, 3.8) is 0 Å². The van der Waals surface area contributed by atoms with Crippen LogP contribution in [0.25, 0.3) is 25.7 Å². The molecular weight excluding hydrogens is 236 g/mol. The summed E-state index contributed by atoms with van der Waals surface area (Å²) in [6.07, 6.45) is 0.296. The quantitative estimate of drug-likeness (QED) is 0.504. The first-order valence-electron chi connectivity index (χ1n) is 5.35. The second kappa shape index (κ2) is 4.89. The van der Waals surface area contributed by atoms with E-state index in [1.807, 2.05) is 30.3 Å². The molecule has 1 aromatic rings. The molecular formula is C15H6N4. The normalized spacial score (nSPS) is 14.4. The van der Waals surface area contributed by atoms with Crippen molar-refractivity contribution >= 4 is 11.1 Å². The largest absolute Gasteiger partial charge is 0.523 e. The Hall–Kier alpha value is -3.34. The summed E-state index contributed by atoms with van der Waals surface area (Å²) in [4.78, 5) is 9.67. The first-order valence-corrected chi connectivity index (χ1v) is 5.35. The smallest absolute Gasteiger partial charge is 0.226 e. The summed E-state index contributed by atoms with van der Waals surface area (Å²) in [5, 5.41) is 8.99. The molecule has 19 heavy (non-hydrogen) atoms. The van der Waals surface area contributed by atoms with Crippen LogP contribution in [0.1, 0.15) is 17.5 Å². The first kappa shape index (κ1) is 12.1. The summed E-state index contributed by atoms with van der Waals surface area (Å²) in [5.74, 6) is 0.00437. The van der Waals surface area contributed by atoms with Gasteiger partial charge in [-0.1, -0.05) is 24.3 Å². The summed E-state index contributed by atoms with van der Waals surface area (Å²) in [6.45, 7) is 21.1. The highest BCUT2D eigenvalue weighted by Gasteiger charge is 2.29. The van der Waals surface area contributed by atoms with E-state index in [1.54, 1.807) is 0 Å². The van der Waals surface area contributed by atoms with Gasteiger partial charge in [0, 0.05) is 0 Å². The zero-order valence-corrected chi connectivity index (χ0v) is 9.81. The van der Waals surface area contributed by atoms with Crippen molar-refractivity contribution in [2.45, 2.75) is 6.42 Å². The van der Waals surface area contributed by atoms with Gasteiger partial charge in [0.1, 0.15) is 13.1 Å². The van der Waals surface area contributed by atoms with Crippen molar-refractivity contribution in [3.8, 4) is 6.07 Å². The van der Waals surface area contributed by atoms with Gasteiger partial charge >= 0.3 is 5.82 Å². The maximum atomic E-state index is 8.99. The molecule has 4 nitrogen and oxygen atoms in total. The molecule has 0 amide bonds. The van der Waals surface area contributed by atoms with Crippen molar-refractivity contribution in [2.75, 3.05) is 0 Å². The van der Waals surface area contributed by atoms with Gasteiger partial charge in [-0.3, -0.25) is 0 Å². The monoisotopic (exact) mass is 242 g/mol. The predicted molar refractivity (Wildman–Crippen MR) is 70.3 cm³/mol. The molecule has 0 aliphatic heterocycles. The third kappa shape index (κ3) is 1.85. The van der Waals surface area contributed by atoms with Crippen molar-refractivity contribution in [2.24, 2.45) is 0 Å². The number of nitriles is 1. The molecule has 0 saturated heterocycles. The van der Waals surface area contributed by atoms with Crippen molar-refractivity contribution < 1.29 is 0 Å². The van der Waals surface area contributed by atoms with E-state index in [4.69, 9.17) is 25.0 Å². The third-order valence-electron chi connectivity index (χ3n) is 2.92. The fraction of sp³-hybridized carbons (Fsp3) is 0.0667. The number of fused-ring (bicyclic) bond motifs is 1. The number of hydrogen-bond acceptors (Lipinski definition) is 1. The summed E-state index contributed by atoms with van der Waals surface area (Å²) in [7, 11) is 0. The van der Waals surface area contributed by atoms with Crippen LogP contribution in [0.4, 0.5) is 0 Å². The van der Waals surface area contributed by atoms with Gasteiger partial charge in [0.25, 0.3) is 5.70 Å². The average Bonchev–Trinajstić information content (AvgIpc) is 2.82. The lowest BCUT2D eigenvalue weighted by atomic mass is 10.1. The number of allylic oxidation sites excluding steroid dienone is 3. The van der Waals surface area contributed by atoms with E-state index in [2.05, 4.69) is 14.5 Å². The fourth-order valence-electron chi connectivity index (χ4n) is 2.11. The van der Waals surface area contributed by atoms with Crippen LogP contribution < -0.4 is 0 Å². The second-order valence-corrected chi connectivity index (χ2v) is 3.80. The van der Waals surface area contributed by atoms with E-state index in [1.165, 1.54) is 0 Å². The van der Waals surface area contributed by atoms with Crippen LogP contribution in [0.2, 0.25) is 0 Å². The van der Waals surface area contributed by atoms with E-state index in [9.17, 15) is 0 Å². The van der Waals surface area contributed by atoms with Gasteiger partial charge in [0.05, 0.1) is 18.2 Å². The van der Waals surface area contributed by atoms with E-state index < -0.39 is 0 Å². The van der Waals surface area contributed by atoms with Crippen LogP contribution in [0.15, 0.2) is 35.8 Å². The van der Waals surface area contributed by atoms with Gasteiger partial charge in [-0.2, -0.15) is 9.69 Å². The van der Waals surface area contributed by atoms with Gasteiger partial charge in [0.15, 0.2) is 0 Å². The third-order valence-corrected chi connectivity index (χ3v) is 2.92. The topological polar surface area (TPSA) is 36.9 Å². The van der Waals surface area contributed by atoms with E-state index in [0.717, 1.165) is 11.1 Å². The van der Waals surface area contributed by atoms with Crippen molar-refractivity contribution in [1.29, 1.82) is 5.26 Å². The van der Waals surface area contributed by atoms with Gasteiger partial charge in [-0.05, 0) is 23.1 Å². The Morgan fingerprint density at radius 1 is 1.00 bits per heavy atom. The fourth-order valence-corrected chi connectivity index (χ4v) is 2.11. The molecule has 0 spiro atoms. The lowest BCUT2D eigenvalue weighted by molar-refractivity contribution is 1.43. The van der Waals surface area contributed by atoms with Crippen LogP contribution in [0.5, 0.6) is 0 Å². The van der Waals surface area contributed by atoms with Crippen LogP contribution in [-0.2, 0) is 0 Å². The molecule has 0 heterocycles. The molecule has 0 N–H and O–H groups in total. The summed E-state index contributed by atoms with van der Waals surface area (Å²) in [5.41, 5.74) is 2.78. The predicted octanol–water partition coefficient (Wildman–Crippen LogP) is 3.75. The zero-order valence-electron chi connectivity index (χ0n) is 9.81. The second-order valence-electron chi connectivity index (χ2n) is 3.80. The maximum absolute atomic E-state index is 8.99. The molecule has 86 valence electrons. The van der Waals surface area contributed by atoms with Crippen molar-refractivity contribution in [1.82, 2.24) is 0 Å². The molecule has 1 aliphatic rings. The molecule has 0 aromatic heterocycles. The summed E-state index contributed by atoms with van der Waals surface area (Å²) < 4.78 is 0. The lowest BCUT2D eigenvalue weighted by Gasteiger charge is -1.98. The molecule has 0 unspecified atom stereocenters. The highest BCUT2D eigenvalue weighted by molar-refractivity contribution is 5.96. The van der Waals surface area contributed by atoms with Crippen LogP contribution in [-0.4, -0.2) is 0 Å². The lowest BCUT2D eigenvalue weighted by Crippen LogP contribution is -1.82. The molecule has 4 heteroatoms. The van der Waals surface area contributed by atoms with Crippen LogP contribution >= 0.6 is 0 Å². The summed E-state index contributed by atoms with van der Waals surface area (Å²) >= 11 is 0. The molecule has 2 rings (SSSR count). The standard InChI is InChI=1S/C15H6N4/c1-17-14(9-16)12-8-13(15(18-2)19-3)11-7-5-4-6-10(11)12/h4-7H,8H2.